The number of rotatable bonds is 5. The number of hydrogen-bond donors (Lipinski definition) is 1. The van der Waals surface area contributed by atoms with Crippen LogP contribution in [0.3, 0.4) is 0 Å². The molecular formula is C24H21F2N5O3. The fourth-order valence-corrected chi connectivity index (χ4v) is 4.23. The highest BCUT2D eigenvalue weighted by Crippen LogP contribution is 2.22. The van der Waals surface area contributed by atoms with Gasteiger partial charge in [0.2, 0.25) is 0 Å². The summed E-state index contributed by atoms with van der Waals surface area (Å²) < 4.78 is 33.7. The molecule has 0 aliphatic carbocycles. The molecule has 34 heavy (non-hydrogen) atoms. The molecule has 1 atom stereocenters. The summed E-state index contributed by atoms with van der Waals surface area (Å²) in [5, 5.41) is 8.46. The Labute approximate surface area is 192 Å². The SMILES string of the molecule is COCC1CCN(C(=O)c2ccc(-n3cc(-c4cc5cc(F)c(F)cc5[nH]c4=O)nn3)cc2)C1. The summed E-state index contributed by atoms with van der Waals surface area (Å²) in [6.45, 7) is 2.03. The molecule has 1 fully saturated rings. The maximum Gasteiger partial charge on any atom is 0.258 e. The maximum absolute atomic E-state index is 13.6. The Morgan fingerprint density at radius 2 is 1.94 bits per heavy atom. The lowest BCUT2D eigenvalue weighted by Crippen LogP contribution is -2.29. The van der Waals surface area contributed by atoms with Crippen LogP contribution in [0.5, 0.6) is 0 Å². The van der Waals surface area contributed by atoms with Crippen molar-refractivity contribution in [2.75, 3.05) is 26.8 Å². The van der Waals surface area contributed by atoms with Gasteiger partial charge in [-0.25, -0.2) is 13.5 Å². The predicted molar refractivity (Wildman–Crippen MR) is 121 cm³/mol. The molecule has 10 heteroatoms. The first-order chi connectivity index (χ1) is 16.4. The van der Waals surface area contributed by atoms with Gasteiger partial charge in [-0.15, -0.1) is 5.10 Å². The number of aromatic amines is 1. The van der Waals surface area contributed by atoms with Crippen molar-refractivity contribution in [3.05, 3.63) is 76.2 Å². The number of methoxy groups -OCH3 is 1. The second-order valence-corrected chi connectivity index (χ2v) is 8.32. The zero-order valence-electron chi connectivity index (χ0n) is 18.3. The van der Waals surface area contributed by atoms with E-state index in [2.05, 4.69) is 15.3 Å². The van der Waals surface area contributed by atoms with Gasteiger partial charge in [-0.1, -0.05) is 5.21 Å². The van der Waals surface area contributed by atoms with E-state index in [1.54, 1.807) is 37.6 Å². The molecule has 0 spiro atoms. The molecule has 1 saturated heterocycles. The summed E-state index contributed by atoms with van der Waals surface area (Å²) in [7, 11) is 1.66. The van der Waals surface area contributed by atoms with Crippen LogP contribution in [0.15, 0.2) is 53.5 Å². The van der Waals surface area contributed by atoms with E-state index in [0.717, 1.165) is 18.6 Å². The Hall–Kier alpha value is -3.92. The Balaban J connectivity index is 1.37. The molecule has 0 bridgehead atoms. The van der Waals surface area contributed by atoms with E-state index in [9.17, 15) is 18.4 Å². The van der Waals surface area contributed by atoms with Gasteiger partial charge in [-0.3, -0.25) is 9.59 Å². The Kier molecular flexibility index (Phi) is 5.66. The fourth-order valence-electron chi connectivity index (χ4n) is 4.23. The molecule has 8 nitrogen and oxygen atoms in total. The van der Waals surface area contributed by atoms with E-state index in [1.165, 1.54) is 10.7 Å². The number of likely N-dealkylation sites (tertiary alicyclic amines) is 1. The van der Waals surface area contributed by atoms with Crippen molar-refractivity contribution in [3.63, 3.8) is 0 Å². The number of nitrogens with zero attached hydrogens (tertiary/aromatic N) is 4. The van der Waals surface area contributed by atoms with Crippen molar-refractivity contribution < 1.29 is 18.3 Å². The van der Waals surface area contributed by atoms with Crippen molar-refractivity contribution in [1.82, 2.24) is 24.9 Å². The van der Waals surface area contributed by atoms with Crippen LogP contribution in [-0.4, -0.2) is 57.6 Å². The predicted octanol–water partition coefficient (Wildman–Crippen LogP) is 3.16. The van der Waals surface area contributed by atoms with Gasteiger partial charge >= 0.3 is 0 Å². The van der Waals surface area contributed by atoms with Crippen molar-refractivity contribution >= 4 is 16.8 Å². The highest BCUT2D eigenvalue weighted by atomic mass is 19.2. The minimum absolute atomic E-state index is 0.0317. The first-order valence-corrected chi connectivity index (χ1v) is 10.8. The zero-order valence-corrected chi connectivity index (χ0v) is 18.3. The molecule has 174 valence electrons. The van der Waals surface area contributed by atoms with Crippen molar-refractivity contribution in [1.29, 1.82) is 0 Å². The van der Waals surface area contributed by atoms with E-state index >= 15 is 0 Å². The maximum atomic E-state index is 13.6. The molecule has 5 rings (SSSR count). The number of ether oxygens (including phenoxy) is 1. The molecule has 1 amide bonds. The standard InChI is InChI=1S/C24H21F2N5O3/c1-34-13-14-6-7-30(11-14)24(33)15-2-4-17(5-3-15)31-12-22(28-29-31)18-8-16-9-19(25)20(26)10-21(16)27-23(18)32/h2-5,8-10,12,14H,6-7,11,13H2,1H3,(H,27,32). The van der Waals surface area contributed by atoms with Gasteiger partial charge in [-0.2, -0.15) is 0 Å². The number of halogens is 2. The highest BCUT2D eigenvalue weighted by Gasteiger charge is 2.26. The first kappa shape index (κ1) is 21.9. The molecule has 1 aliphatic rings. The molecule has 2 aromatic carbocycles. The summed E-state index contributed by atoms with van der Waals surface area (Å²) in [5.74, 6) is -1.72. The van der Waals surface area contributed by atoms with Crippen LogP contribution in [0.1, 0.15) is 16.8 Å². The molecule has 1 unspecified atom stereocenters. The second kappa shape index (κ2) is 8.79. The van der Waals surface area contributed by atoms with Gasteiger partial charge in [0.05, 0.1) is 29.6 Å². The van der Waals surface area contributed by atoms with Crippen molar-refractivity contribution in [3.8, 4) is 16.9 Å². The number of pyridine rings is 1. The van der Waals surface area contributed by atoms with Crippen LogP contribution in [0, 0.1) is 17.6 Å². The number of benzene rings is 2. The lowest BCUT2D eigenvalue weighted by atomic mass is 10.1. The van der Waals surface area contributed by atoms with E-state index in [1.807, 2.05) is 4.90 Å². The quantitative estimate of drug-likeness (QED) is 0.489. The van der Waals surface area contributed by atoms with Crippen LogP contribution in [0.4, 0.5) is 8.78 Å². The third kappa shape index (κ3) is 4.08. The van der Waals surface area contributed by atoms with Crippen LogP contribution in [0.2, 0.25) is 0 Å². The first-order valence-electron chi connectivity index (χ1n) is 10.8. The molecule has 0 radical (unpaired) electrons. The Morgan fingerprint density at radius 1 is 1.18 bits per heavy atom. The zero-order chi connectivity index (χ0) is 23.8. The average Bonchev–Trinajstić information content (AvgIpc) is 3.50. The van der Waals surface area contributed by atoms with Crippen LogP contribution >= 0.6 is 0 Å². The number of fused-ring (bicyclic) bond motifs is 1. The van der Waals surface area contributed by atoms with Crippen molar-refractivity contribution in [2.45, 2.75) is 6.42 Å². The van der Waals surface area contributed by atoms with E-state index in [0.29, 0.717) is 42.3 Å². The van der Waals surface area contributed by atoms with Gasteiger partial charge < -0.3 is 14.6 Å². The number of nitrogens with one attached hydrogen (secondary N) is 1. The second-order valence-electron chi connectivity index (χ2n) is 8.32. The minimum atomic E-state index is -1.04. The van der Waals surface area contributed by atoms with Crippen LogP contribution in [0.25, 0.3) is 27.8 Å². The lowest BCUT2D eigenvalue weighted by molar-refractivity contribution is 0.0775. The number of H-pyrrole nitrogens is 1. The average molecular weight is 465 g/mol. The third-order valence-corrected chi connectivity index (χ3v) is 6.01. The number of hydrogen-bond acceptors (Lipinski definition) is 5. The van der Waals surface area contributed by atoms with Crippen molar-refractivity contribution in [2.24, 2.45) is 5.92 Å². The van der Waals surface area contributed by atoms with E-state index in [-0.39, 0.29) is 22.7 Å². The van der Waals surface area contributed by atoms with Crippen LogP contribution < -0.4 is 5.56 Å². The summed E-state index contributed by atoms with van der Waals surface area (Å²) in [5.41, 5.74) is 1.36. The lowest BCUT2D eigenvalue weighted by Gasteiger charge is -2.16. The number of amides is 1. The van der Waals surface area contributed by atoms with Gasteiger partial charge in [0, 0.05) is 43.1 Å². The number of carbonyl (C=O) groups excluding carboxylic acids is 1. The largest absolute Gasteiger partial charge is 0.384 e. The Morgan fingerprint density at radius 3 is 2.71 bits per heavy atom. The number of aromatic nitrogens is 4. The summed E-state index contributed by atoms with van der Waals surface area (Å²) >= 11 is 0. The molecule has 3 heterocycles. The normalized spacial score (nSPS) is 15.9. The topological polar surface area (TPSA) is 93.1 Å². The Bertz CT molecular complexity index is 1430. The third-order valence-electron chi connectivity index (χ3n) is 6.01. The highest BCUT2D eigenvalue weighted by molar-refractivity contribution is 5.94. The molecule has 1 N–H and O–H groups in total. The molecule has 2 aromatic heterocycles. The van der Waals surface area contributed by atoms with Crippen LogP contribution in [-0.2, 0) is 4.74 Å². The van der Waals surface area contributed by atoms with Gasteiger partial charge in [-0.05, 0) is 42.8 Å². The molecular weight excluding hydrogens is 444 g/mol. The molecule has 1 aliphatic heterocycles. The smallest absolute Gasteiger partial charge is 0.258 e. The fraction of sp³-hybridized carbons (Fsp3) is 0.250. The molecule has 0 saturated carbocycles. The molecule has 4 aromatic rings. The monoisotopic (exact) mass is 465 g/mol. The van der Waals surface area contributed by atoms with Gasteiger partial charge in [0.1, 0.15) is 5.69 Å². The van der Waals surface area contributed by atoms with E-state index in [4.69, 9.17) is 4.74 Å². The summed E-state index contributed by atoms with van der Waals surface area (Å²) in [6, 6.07) is 10.3. The summed E-state index contributed by atoms with van der Waals surface area (Å²) in [4.78, 5) is 29.6. The van der Waals surface area contributed by atoms with Gasteiger partial charge in [0.25, 0.3) is 11.5 Å². The number of carbonyl (C=O) groups is 1. The van der Waals surface area contributed by atoms with Gasteiger partial charge in [0.15, 0.2) is 11.6 Å². The van der Waals surface area contributed by atoms with E-state index < -0.39 is 17.2 Å². The minimum Gasteiger partial charge on any atom is -0.384 e. The summed E-state index contributed by atoms with van der Waals surface area (Å²) in [6.07, 6.45) is 2.48.